The van der Waals surface area contributed by atoms with Crippen LogP contribution in [0.1, 0.15) is 0 Å². The Bertz CT molecular complexity index is 612. The lowest BCUT2D eigenvalue weighted by Crippen LogP contribution is -2.39. The molecule has 0 unspecified atom stereocenters. The van der Waals surface area contributed by atoms with E-state index in [0.717, 1.165) is 0 Å². The molecule has 1 saturated heterocycles. The molecule has 0 aromatic heterocycles. The van der Waals surface area contributed by atoms with Gasteiger partial charge in [-0.1, -0.05) is 18.2 Å². The van der Waals surface area contributed by atoms with Crippen LogP contribution in [0.25, 0.3) is 0 Å². The third-order valence-corrected chi connectivity index (χ3v) is 3.82. The molecular weight excluding hydrogens is 274 g/mol. The highest BCUT2D eigenvalue weighted by Gasteiger charge is 2.53. The van der Waals surface area contributed by atoms with E-state index in [1.54, 1.807) is 36.4 Å². The second-order valence-electron chi connectivity index (χ2n) is 5.06. The number of hydrogen-bond acceptors (Lipinski definition) is 4. The first-order valence-electron chi connectivity index (χ1n) is 6.61. The number of fused-ring (bicyclic) bond motifs is 2. The molecule has 2 aliphatic heterocycles. The van der Waals surface area contributed by atoms with Crippen LogP contribution < -0.4 is 10.1 Å². The van der Waals surface area contributed by atoms with Gasteiger partial charge in [-0.25, -0.2) is 0 Å². The van der Waals surface area contributed by atoms with Crippen molar-refractivity contribution in [2.24, 2.45) is 11.8 Å². The average Bonchev–Trinajstić information content (AvgIpc) is 3.07. The van der Waals surface area contributed by atoms with Crippen molar-refractivity contribution in [1.82, 2.24) is 0 Å². The molecule has 2 N–H and O–H groups in total. The van der Waals surface area contributed by atoms with Crippen molar-refractivity contribution in [2.45, 2.75) is 12.2 Å². The highest BCUT2D eigenvalue weighted by molar-refractivity contribution is 5.96. The van der Waals surface area contributed by atoms with Crippen LogP contribution in [-0.4, -0.2) is 36.3 Å². The van der Waals surface area contributed by atoms with Crippen molar-refractivity contribution in [2.75, 3.05) is 12.4 Å². The zero-order chi connectivity index (χ0) is 15.0. The summed E-state index contributed by atoms with van der Waals surface area (Å²) in [6.45, 7) is 0. The molecule has 1 fully saturated rings. The topological polar surface area (TPSA) is 84.9 Å². The van der Waals surface area contributed by atoms with Gasteiger partial charge >= 0.3 is 5.97 Å². The summed E-state index contributed by atoms with van der Waals surface area (Å²) >= 11 is 0. The smallest absolute Gasteiger partial charge is 0.310 e. The summed E-state index contributed by atoms with van der Waals surface area (Å²) in [6.07, 6.45) is 2.47. The molecule has 0 radical (unpaired) electrons. The molecule has 2 heterocycles. The number of nitrogens with one attached hydrogen (secondary N) is 1. The Labute approximate surface area is 121 Å². The van der Waals surface area contributed by atoms with Gasteiger partial charge in [-0.2, -0.15) is 0 Å². The van der Waals surface area contributed by atoms with Gasteiger partial charge in [0.05, 0.1) is 25.2 Å². The number of carboxylic acids is 1. The number of aliphatic carboxylic acids is 1. The molecule has 2 bridgehead atoms. The molecule has 2 aliphatic rings. The molecule has 1 aromatic carbocycles. The summed E-state index contributed by atoms with van der Waals surface area (Å²) in [5, 5.41) is 12.0. The molecule has 0 aliphatic carbocycles. The molecule has 6 heteroatoms. The van der Waals surface area contributed by atoms with Crippen LogP contribution in [-0.2, 0) is 14.3 Å². The van der Waals surface area contributed by atoms with Crippen molar-refractivity contribution >= 4 is 17.6 Å². The summed E-state index contributed by atoms with van der Waals surface area (Å²) in [7, 11) is 1.54. The van der Waals surface area contributed by atoms with E-state index in [2.05, 4.69) is 5.32 Å². The van der Waals surface area contributed by atoms with Crippen LogP contribution in [0.5, 0.6) is 5.75 Å². The maximum absolute atomic E-state index is 12.4. The van der Waals surface area contributed by atoms with Crippen LogP contribution in [0.3, 0.4) is 0 Å². The van der Waals surface area contributed by atoms with Gasteiger partial charge in [0, 0.05) is 11.8 Å². The lowest BCUT2D eigenvalue weighted by atomic mass is 9.82. The minimum absolute atomic E-state index is 0.354. The van der Waals surface area contributed by atoms with Gasteiger partial charge in [0.25, 0.3) is 0 Å². The second-order valence-corrected chi connectivity index (χ2v) is 5.06. The quantitative estimate of drug-likeness (QED) is 0.816. The van der Waals surface area contributed by atoms with E-state index < -0.39 is 30.0 Å². The van der Waals surface area contributed by atoms with E-state index >= 15 is 0 Å². The Morgan fingerprint density at radius 2 is 1.95 bits per heavy atom. The molecule has 21 heavy (non-hydrogen) atoms. The molecule has 3 rings (SSSR count). The van der Waals surface area contributed by atoms with E-state index in [4.69, 9.17) is 9.47 Å². The normalized spacial score (nSPS) is 29.4. The Balaban J connectivity index is 1.78. The largest absolute Gasteiger partial charge is 0.497 e. The number of ether oxygens (including phenoxy) is 2. The molecule has 110 valence electrons. The highest BCUT2D eigenvalue weighted by Crippen LogP contribution is 2.39. The Hall–Kier alpha value is -2.34. The molecule has 0 spiro atoms. The summed E-state index contributed by atoms with van der Waals surface area (Å²) in [5.41, 5.74) is 0.565. The van der Waals surface area contributed by atoms with E-state index in [1.807, 2.05) is 0 Å². The molecular formula is C15H15NO5. The lowest BCUT2D eigenvalue weighted by molar-refractivity contribution is -0.145. The molecule has 4 atom stereocenters. The number of methoxy groups -OCH3 is 1. The first kappa shape index (κ1) is 13.6. The molecule has 0 saturated carbocycles. The fraction of sp³-hybridized carbons (Fsp3) is 0.333. The third-order valence-electron chi connectivity index (χ3n) is 3.82. The Morgan fingerprint density at radius 3 is 2.62 bits per heavy atom. The van der Waals surface area contributed by atoms with Gasteiger partial charge in [-0.05, 0) is 12.1 Å². The number of amides is 1. The number of anilines is 1. The number of carbonyl (C=O) groups excluding carboxylic acids is 1. The van der Waals surface area contributed by atoms with E-state index in [1.165, 1.54) is 7.11 Å². The number of carbonyl (C=O) groups is 2. The van der Waals surface area contributed by atoms with Gasteiger partial charge in [-0.3, -0.25) is 9.59 Å². The van der Waals surface area contributed by atoms with Crippen molar-refractivity contribution in [1.29, 1.82) is 0 Å². The summed E-state index contributed by atoms with van der Waals surface area (Å²) in [6, 6.07) is 6.91. The van der Waals surface area contributed by atoms with E-state index in [9.17, 15) is 14.7 Å². The zero-order valence-electron chi connectivity index (χ0n) is 11.4. The van der Waals surface area contributed by atoms with Crippen molar-refractivity contribution in [3.63, 3.8) is 0 Å². The van der Waals surface area contributed by atoms with Crippen LogP contribution in [0.15, 0.2) is 36.4 Å². The molecule has 1 amide bonds. The average molecular weight is 289 g/mol. The minimum atomic E-state index is -1.02. The van der Waals surface area contributed by atoms with E-state index in [0.29, 0.717) is 11.4 Å². The first-order chi connectivity index (χ1) is 10.1. The number of rotatable bonds is 4. The van der Waals surface area contributed by atoms with Crippen LogP contribution in [0.2, 0.25) is 0 Å². The van der Waals surface area contributed by atoms with E-state index in [-0.39, 0.29) is 5.91 Å². The van der Waals surface area contributed by atoms with Gasteiger partial charge in [0.1, 0.15) is 11.7 Å². The van der Waals surface area contributed by atoms with Gasteiger partial charge in [0.15, 0.2) is 0 Å². The number of benzene rings is 1. The Kier molecular flexibility index (Phi) is 3.39. The standard InChI is InChI=1S/C15H15NO5/c1-20-9-4-2-3-8(7-9)16-14(17)12-10-5-6-11(21-10)13(12)15(18)19/h2-7,10-13H,1H3,(H,16,17)(H,18,19)/t10-,11+,12-,13-/m0/s1. The number of hydrogen-bond donors (Lipinski definition) is 2. The second kappa shape index (κ2) is 5.21. The van der Waals surface area contributed by atoms with Crippen LogP contribution >= 0.6 is 0 Å². The van der Waals surface area contributed by atoms with Crippen molar-refractivity contribution < 1.29 is 24.2 Å². The number of carboxylic acid groups (broad SMARTS) is 1. The fourth-order valence-corrected chi connectivity index (χ4v) is 2.84. The van der Waals surface area contributed by atoms with Gasteiger partial charge < -0.3 is 19.9 Å². The predicted octanol–water partition coefficient (Wildman–Crippen LogP) is 1.29. The van der Waals surface area contributed by atoms with Crippen LogP contribution in [0, 0.1) is 11.8 Å². The fourth-order valence-electron chi connectivity index (χ4n) is 2.84. The maximum atomic E-state index is 12.4. The lowest BCUT2D eigenvalue weighted by Gasteiger charge is -2.21. The summed E-state index contributed by atoms with van der Waals surface area (Å²) < 4.78 is 10.6. The summed E-state index contributed by atoms with van der Waals surface area (Å²) in [4.78, 5) is 23.7. The Morgan fingerprint density at radius 1 is 1.24 bits per heavy atom. The third kappa shape index (κ3) is 2.38. The van der Waals surface area contributed by atoms with Gasteiger partial charge in [0.2, 0.25) is 5.91 Å². The highest BCUT2D eigenvalue weighted by atomic mass is 16.5. The minimum Gasteiger partial charge on any atom is -0.497 e. The monoisotopic (exact) mass is 289 g/mol. The molecule has 6 nitrogen and oxygen atoms in total. The van der Waals surface area contributed by atoms with Crippen LogP contribution in [0.4, 0.5) is 5.69 Å². The predicted molar refractivity (Wildman–Crippen MR) is 74.0 cm³/mol. The molecule has 1 aromatic rings. The SMILES string of the molecule is COc1cccc(NC(=O)[C@@H]2[C@@H](C(=O)O)[C@H]3C=C[C@@H]2O3)c1. The zero-order valence-corrected chi connectivity index (χ0v) is 11.4. The van der Waals surface area contributed by atoms with Gasteiger partial charge in [-0.15, -0.1) is 0 Å². The summed E-state index contributed by atoms with van der Waals surface area (Å²) in [5.74, 6) is -2.31. The van der Waals surface area contributed by atoms with Crippen molar-refractivity contribution in [3.05, 3.63) is 36.4 Å². The first-order valence-corrected chi connectivity index (χ1v) is 6.61. The van der Waals surface area contributed by atoms with Crippen molar-refractivity contribution in [3.8, 4) is 5.75 Å². The maximum Gasteiger partial charge on any atom is 0.310 e.